The molecule has 15 heavy (non-hydrogen) atoms. The fourth-order valence-electron chi connectivity index (χ4n) is 2.19. The number of benzene rings is 1. The first-order valence-electron chi connectivity index (χ1n) is 5.29. The largest absolute Gasteiger partial charge is 0.391 e. The molecule has 82 valence electrons. The molecule has 1 saturated heterocycles. The molecule has 1 aliphatic heterocycles. The average molecular weight is 209 g/mol. The van der Waals surface area contributed by atoms with Gasteiger partial charge in [0.1, 0.15) is 5.82 Å². The molecule has 0 radical (unpaired) electrons. The van der Waals surface area contributed by atoms with Crippen LogP contribution >= 0.6 is 0 Å². The minimum Gasteiger partial charge on any atom is -0.391 e. The van der Waals surface area contributed by atoms with Crippen molar-refractivity contribution in [2.75, 3.05) is 20.1 Å². The number of piperidine rings is 1. The molecule has 2 nitrogen and oxygen atoms in total. The third-order valence-electron chi connectivity index (χ3n) is 3.08. The van der Waals surface area contributed by atoms with Crippen molar-refractivity contribution in [3.8, 4) is 0 Å². The van der Waals surface area contributed by atoms with Gasteiger partial charge in [-0.05, 0) is 37.7 Å². The Kier molecular flexibility index (Phi) is 3.03. The highest BCUT2D eigenvalue weighted by atomic mass is 19.1. The molecule has 2 atom stereocenters. The first kappa shape index (κ1) is 10.6. The number of likely N-dealkylation sites (tertiary alicyclic amines) is 1. The van der Waals surface area contributed by atoms with Crippen LogP contribution in [-0.2, 0) is 0 Å². The number of hydrogen-bond acceptors (Lipinski definition) is 2. The minimum absolute atomic E-state index is 0.154. The first-order chi connectivity index (χ1) is 7.16. The van der Waals surface area contributed by atoms with Crippen molar-refractivity contribution in [1.29, 1.82) is 0 Å². The topological polar surface area (TPSA) is 23.5 Å². The van der Waals surface area contributed by atoms with E-state index < -0.39 is 0 Å². The summed E-state index contributed by atoms with van der Waals surface area (Å²) in [5.41, 5.74) is 1.04. The van der Waals surface area contributed by atoms with Gasteiger partial charge in [0.05, 0.1) is 6.10 Å². The lowest BCUT2D eigenvalue weighted by molar-refractivity contribution is 0.0638. The van der Waals surface area contributed by atoms with E-state index in [0.29, 0.717) is 6.54 Å². The van der Waals surface area contributed by atoms with Crippen LogP contribution in [0.15, 0.2) is 24.3 Å². The highest BCUT2D eigenvalue weighted by molar-refractivity contribution is 5.22. The Bertz CT molecular complexity index is 325. The maximum Gasteiger partial charge on any atom is 0.123 e. The van der Waals surface area contributed by atoms with Crippen LogP contribution in [0.5, 0.6) is 0 Å². The smallest absolute Gasteiger partial charge is 0.123 e. The van der Waals surface area contributed by atoms with Gasteiger partial charge < -0.3 is 10.0 Å². The lowest BCUT2D eigenvalue weighted by Crippen LogP contribution is -2.40. The van der Waals surface area contributed by atoms with Crippen LogP contribution in [0, 0.1) is 5.82 Å². The Balaban J connectivity index is 2.13. The predicted octanol–water partition coefficient (Wildman–Crippen LogP) is 1.61. The third kappa shape index (κ3) is 2.36. The Morgan fingerprint density at radius 2 is 2.00 bits per heavy atom. The van der Waals surface area contributed by atoms with Crippen molar-refractivity contribution in [1.82, 2.24) is 4.90 Å². The van der Waals surface area contributed by atoms with E-state index in [-0.39, 0.29) is 17.8 Å². The molecule has 0 saturated carbocycles. The Morgan fingerprint density at radius 3 is 2.60 bits per heavy atom. The van der Waals surface area contributed by atoms with Crippen LogP contribution in [0.2, 0.25) is 0 Å². The van der Waals surface area contributed by atoms with Crippen molar-refractivity contribution >= 4 is 0 Å². The van der Waals surface area contributed by atoms with E-state index in [9.17, 15) is 9.50 Å². The highest BCUT2D eigenvalue weighted by Crippen LogP contribution is 2.27. The van der Waals surface area contributed by atoms with Gasteiger partial charge in [0.2, 0.25) is 0 Å². The van der Waals surface area contributed by atoms with Crippen molar-refractivity contribution in [2.45, 2.75) is 18.4 Å². The second kappa shape index (κ2) is 4.29. The van der Waals surface area contributed by atoms with Gasteiger partial charge in [0, 0.05) is 12.5 Å². The molecular weight excluding hydrogens is 193 g/mol. The minimum atomic E-state index is -0.339. The summed E-state index contributed by atoms with van der Waals surface area (Å²) in [5, 5.41) is 9.93. The molecule has 0 aromatic heterocycles. The van der Waals surface area contributed by atoms with E-state index in [1.54, 1.807) is 12.1 Å². The summed E-state index contributed by atoms with van der Waals surface area (Å²) in [7, 11) is 2.00. The lowest BCUT2D eigenvalue weighted by Gasteiger charge is -2.33. The maximum atomic E-state index is 12.7. The number of likely N-dealkylation sites (N-methyl/N-ethyl adjacent to an activating group) is 1. The molecule has 0 amide bonds. The van der Waals surface area contributed by atoms with Gasteiger partial charge >= 0.3 is 0 Å². The fourth-order valence-corrected chi connectivity index (χ4v) is 2.19. The van der Waals surface area contributed by atoms with Crippen LogP contribution in [0.25, 0.3) is 0 Å². The van der Waals surface area contributed by atoms with E-state index in [1.807, 2.05) is 7.05 Å². The normalized spacial score (nSPS) is 27.9. The van der Waals surface area contributed by atoms with Gasteiger partial charge in [-0.2, -0.15) is 0 Å². The molecule has 0 bridgehead atoms. The van der Waals surface area contributed by atoms with Crippen LogP contribution < -0.4 is 0 Å². The summed E-state index contributed by atoms with van der Waals surface area (Å²) < 4.78 is 12.7. The first-order valence-corrected chi connectivity index (χ1v) is 5.29. The molecule has 1 aromatic rings. The van der Waals surface area contributed by atoms with E-state index in [0.717, 1.165) is 18.5 Å². The maximum absolute atomic E-state index is 12.7. The Morgan fingerprint density at radius 1 is 1.33 bits per heavy atom. The van der Waals surface area contributed by atoms with Crippen LogP contribution in [-0.4, -0.2) is 36.2 Å². The number of β-amino-alcohol motifs (C(OH)–C–C–N with tert-alkyl or cyclic N) is 1. The van der Waals surface area contributed by atoms with Crippen molar-refractivity contribution in [3.63, 3.8) is 0 Å². The van der Waals surface area contributed by atoms with Crippen molar-refractivity contribution in [2.24, 2.45) is 0 Å². The van der Waals surface area contributed by atoms with Crippen molar-refractivity contribution < 1.29 is 9.50 Å². The summed E-state index contributed by atoms with van der Waals surface area (Å²) in [6, 6.07) is 6.46. The summed E-state index contributed by atoms with van der Waals surface area (Å²) in [4.78, 5) is 2.12. The number of nitrogens with zero attached hydrogens (tertiary/aromatic N) is 1. The van der Waals surface area contributed by atoms with E-state index in [2.05, 4.69) is 4.90 Å². The standard InChI is InChI=1S/C12H16FNO/c1-14-7-6-11(12(15)8-14)9-2-4-10(13)5-3-9/h2-5,11-12,15H,6-8H2,1H3/t11-,12-/m1/s1. The molecule has 1 heterocycles. The Labute approximate surface area is 89.3 Å². The van der Waals surface area contributed by atoms with Gasteiger partial charge in [0.25, 0.3) is 0 Å². The lowest BCUT2D eigenvalue weighted by atomic mass is 9.87. The molecule has 1 N–H and O–H groups in total. The average Bonchev–Trinajstić information content (AvgIpc) is 2.20. The Hall–Kier alpha value is -0.930. The molecule has 1 fully saturated rings. The zero-order valence-corrected chi connectivity index (χ0v) is 8.86. The molecule has 0 spiro atoms. The summed E-state index contributed by atoms with van der Waals surface area (Å²) >= 11 is 0. The molecular formula is C12H16FNO. The summed E-state index contributed by atoms with van der Waals surface area (Å²) in [5.74, 6) is -0.0667. The number of rotatable bonds is 1. The second-order valence-corrected chi connectivity index (χ2v) is 4.28. The monoisotopic (exact) mass is 209 g/mol. The molecule has 0 unspecified atom stereocenters. The highest BCUT2D eigenvalue weighted by Gasteiger charge is 2.26. The van der Waals surface area contributed by atoms with Crippen LogP contribution in [0.3, 0.4) is 0 Å². The van der Waals surface area contributed by atoms with Crippen LogP contribution in [0.4, 0.5) is 4.39 Å². The van der Waals surface area contributed by atoms with Gasteiger partial charge in [-0.15, -0.1) is 0 Å². The van der Waals surface area contributed by atoms with Crippen LogP contribution in [0.1, 0.15) is 17.9 Å². The summed E-state index contributed by atoms with van der Waals surface area (Å²) in [6.07, 6.45) is 0.595. The predicted molar refractivity (Wildman–Crippen MR) is 57.3 cm³/mol. The van der Waals surface area contributed by atoms with Gasteiger partial charge in [-0.3, -0.25) is 0 Å². The zero-order chi connectivity index (χ0) is 10.8. The zero-order valence-electron chi connectivity index (χ0n) is 8.86. The van der Waals surface area contributed by atoms with E-state index in [1.165, 1.54) is 12.1 Å². The van der Waals surface area contributed by atoms with Crippen molar-refractivity contribution in [3.05, 3.63) is 35.6 Å². The third-order valence-corrected chi connectivity index (χ3v) is 3.08. The molecule has 2 rings (SSSR count). The van der Waals surface area contributed by atoms with E-state index in [4.69, 9.17) is 0 Å². The summed E-state index contributed by atoms with van der Waals surface area (Å²) in [6.45, 7) is 1.68. The number of halogens is 1. The fraction of sp³-hybridized carbons (Fsp3) is 0.500. The second-order valence-electron chi connectivity index (χ2n) is 4.28. The quantitative estimate of drug-likeness (QED) is 0.759. The number of aliphatic hydroxyl groups excluding tert-OH is 1. The molecule has 3 heteroatoms. The molecule has 0 aliphatic carbocycles. The number of aliphatic hydroxyl groups is 1. The molecule has 1 aromatic carbocycles. The molecule has 1 aliphatic rings. The van der Waals surface area contributed by atoms with E-state index >= 15 is 0 Å². The number of hydrogen-bond donors (Lipinski definition) is 1. The van der Waals surface area contributed by atoms with Gasteiger partial charge in [-0.25, -0.2) is 4.39 Å². The van der Waals surface area contributed by atoms with Gasteiger partial charge in [0.15, 0.2) is 0 Å². The SMILES string of the molecule is CN1CC[C@H](c2ccc(F)cc2)[C@H](O)C1. The van der Waals surface area contributed by atoms with Gasteiger partial charge in [-0.1, -0.05) is 12.1 Å².